The number of aromatic carboxylic acids is 1. The van der Waals surface area contributed by atoms with E-state index in [1.54, 1.807) is 18.6 Å². The van der Waals surface area contributed by atoms with E-state index in [0.717, 1.165) is 5.56 Å². The van der Waals surface area contributed by atoms with Gasteiger partial charge in [-0.1, -0.05) is 0 Å². The van der Waals surface area contributed by atoms with E-state index >= 15 is 0 Å². The zero-order valence-electron chi connectivity index (χ0n) is 8.72. The molecule has 0 radical (unpaired) electrons. The summed E-state index contributed by atoms with van der Waals surface area (Å²) in [6, 6.07) is 5.54. The van der Waals surface area contributed by atoms with Crippen molar-refractivity contribution in [3.05, 3.63) is 53.7 Å². The van der Waals surface area contributed by atoms with Crippen LogP contribution in [0.3, 0.4) is 0 Å². The minimum absolute atomic E-state index is 0.0843. The van der Waals surface area contributed by atoms with E-state index in [4.69, 9.17) is 9.52 Å². The van der Waals surface area contributed by atoms with Crippen molar-refractivity contribution in [1.29, 1.82) is 0 Å². The monoisotopic (exact) mass is 252 g/mol. The molecule has 0 atom stereocenters. The standard InChI is InChI=1S/C12H9FO3S/c13-10-2-1-9(12(14)15)5-11(10)17-7-8-3-4-16-6-8/h1-6H,7H2,(H,14,15). The third-order valence-corrected chi connectivity index (χ3v) is 3.25. The summed E-state index contributed by atoms with van der Waals surface area (Å²) in [6.07, 6.45) is 3.12. The fourth-order valence-electron chi connectivity index (χ4n) is 1.28. The summed E-state index contributed by atoms with van der Waals surface area (Å²) in [7, 11) is 0. The molecule has 1 N–H and O–H groups in total. The Balaban J connectivity index is 2.14. The van der Waals surface area contributed by atoms with Crippen LogP contribution in [0, 0.1) is 5.82 Å². The van der Waals surface area contributed by atoms with Crippen LogP contribution in [0.1, 0.15) is 15.9 Å². The van der Waals surface area contributed by atoms with Gasteiger partial charge < -0.3 is 9.52 Å². The number of benzene rings is 1. The van der Waals surface area contributed by atoms with Crippen molar-refractivity contribution in [2.45, 2.75) is 10.6 Å². The van der Waals surface area contributed by atoms with Crippen molar-refractivity contribution >= 4 is 17.7 Å². The van der Waals surface area contributed by atoms with Crippen molar-refractivity contribution < 1.29 is 18.7 Å². The predicted octanol–water partition coefficient (Wildman–Crippen LogP) is 3.41. The van der Waals surface area contributed by atoms with Gasteiger partial charge in [-0.3, -0.25) is 0 Å². The van der Waals surface area contributed by atoms with Crippen LogP contribution in [0.4, 0.5) is 4.39 Å². The summed E-state index contributed by atoms with van der Waals surface area (Å²) in [4.78, 5) is 11.1. The van der Waals surface area contributed by atoms with Gasteiger partial charge in [0.25, 0.3) is 0 Å². The highest BCUT2D eigenvalue weighted by atomic mass is 32.2. The van der Waals surface area contributed by atoms with Crippen LogP contribution in [-0.2, 0) is 5.75 Å². The topological polar surface area (TPSA) is 50.4 Å². The quantitative estimate of drug-likeness (QED) is 0.847. The number of hydrogen-bond acceptors (Lipinski definition) is 3. The van der Waals surface area contributed by atoms with Gasteiger partial charge in [0, 0.05) is 16.2 Å². The van der Waals surface area contributed by atoms with Crippen molar-refractivity contribution in [2.75, 3.05) is 0 Å². The Hall–Kier alpha value is -1.75. The average molecular weight is 252 g/mol. The summed E-state index contributed by atoms with van der Waals surface area (Å²) in [6.45, 7) is 0. The van der Waals surface area contributed by atoms with E-state index in [1.165, 1.54) is 30.0 Å². The van der Waals surface area contributed by atoms with Crippen LogP contribution in [0.25, 0.3) is 0 Å². The number of carbonyl (C=O) groups is 1. The first-order valence-electron chi connectivity index (χ1n) is 4.83. The molecule has 0 aliphatic carbocycles. The van der Waals surface area contributed by atoms with E-state index in [0.29, 0.717) is 10.6 Å². The SMILES string of the molecule is O=C(O)c1ccc(F)c(SCc2ccoc2)c1. The van der Waals surface area contributed by atoms with Crippen molar-refractivity contribution in [3.8, 4) is 0 Å². The minimum Gasteiger partial charge on any atom is -0.478 e. The molecular weight excluding hydrogens is 243 g/mol. The first-order chi connectivity index (χ1) is 8.16. The van der Waals surface area contributed by atoms with E-state index in [2.05, 4.69) is 0 Å². The molecule has 0 bridgehead atoms. The molecule has 2 rings (SSSR count). The highest BCUT2D eigenvalue weighted by Gasteiger charge is 2.09. The molecule has 0 unspecified atom stereocenters. The van der Waals surface area contributed by atoms with E-state index in [9.17, 15) is 9.18 Å². The molecule has 0 fully saturated rings. The molecule has 0 saturated heterocycles. The second-order valence-corrected chi connectivity index (χ2v) is 4.39. The Labute approximate surface area is 101 Å². The summed E-state index contributed by atoms with van der Waals surface area (Å²) in [5.41, 5.74) is 1.01. The van der Waals surface area contributed by atoms with Gasteiger partial charge >= 0.3 is 5.97 Å². The van der Waals surface area contributed by atoms with Gasteiger partial charge in [0.1, 0.15) is 5.82 Å². The number of halogens is 1. The third-order valence-electron chi connectivity index (χ3n) is 2.15. The Morgan fingerprint density at radius 2 is 2.24 bits per heavy atom. The number of rotatable bonds is 4. The summed E-state index contributed by atoms with van der Waals surface area (Å²) >= 11 is 1.24. The maximum atomic E-state index is 13.4. The van der Waals surface area contributed by atoms with Crippen molar-refractivity contribution in [3.63, 3.8) is 0 Å². The minimum atomic E-state index is -1.06. The van der Waals surface area contributed by atoms with Crippen molar-refractivity contribution in [2.24, 2.45) is 0 Å². The number of carboxylic acid groups (broad SMARTS) is 1. The van der Waals surface area contributed by atoms with Crippen LogP contribution < -0.4 is 0 Å². The first-order valence-corrected chi connectivity index (χ1v) is 5.82. The largest absolute Gasteiger partial charge is 0.478 e. The Morgan fingerprint density at radius 1 is 1.41 bits per heavy atom. The zero-order chi connectivity index (χ0) is 12.3. The molecule has 5 heteroatoms. The van der Waals surface area contributed by atoms with Crippen LogP contribution in [0.2, 0.25) is 0 Å². The first kappa shape index (κ1) is 11.7. The molecule has 88 valence electrons. The molecule has 1 heterocycles. The number of thioether (sulfide) groups is 1. The Kier molecular flexibility index (Phi) is 3.49. The molecule has 2 aromatic rings. The van der Waals surface area contributed by atoms with Gasteiger partial charge in [0.15, 0.2) is 0 Å². The maximum absolute atomic E-state index is 13.4. The number of furan rings is 1. The fourth-order valence-corrected chi connectivity index (χ4v) is 2.19. The highest BCUT2D eigenvalue weighted by molar-refractivity contribution is 7.98. The van der Waals surface area contributed by atoms with Crippen LogP contribution in [0.15, 0.2) is 46.1 Å². The summed E-state index contributed by atoms with van der Waals surface area (Å²) in [5.74, 6) is -0.935. The molecule has 1 aromatic heterocycles. The second-order valence-electron chi connectivity index (χ2n) is 3.37. The lowest BCUT2D eigenvalue weighted by Crippen LogP contribution is -1.97. The third kappa shape index (κ3) is 2.88. The van der Waals surface area contributed by atoms with Gasteiger partial charge in [-0.05, 0) is 24.3 Å². The second kappa shape index (κ2) is 5.05. The van der Waals surface area contributed by atoms with Crippen molar-refractivity contribution in [1.82, 2.24) is 0 Å². The smallest absolute Gasteiger partial charge is 0.335 e. The Bertz CT molecular complexity index is 523. The van der Waals surface area contributed by atoms with Crippen LogP contribution in [-0.4, -0.2) is 11.1 Å². The normalized spacial score (nSPS) is 10.4. The Morgan fingerprint density at radius 3 is 2.88 bits per heavy atom. The molecule has 0 aliphatic rings. The van der Waals surface area contributed by atoms with Gasteiger partial charge in [0.05, 0.1) is 18.1 Å². The fraction of sp³-hybridized carbons (Fsp3) is 0.0833. The summed E-state index contributed by atoms with van der Waals surface area (Å²) in [5, 5.41) is 8.81. The molecule has 0 aliphatic heterocycles. The number of carboxylic acids is 1. The lowest BCUT2D eigenvalue weighted by atomic mass is 10.2. The highest BCUT2D eigenvalue weighted by Crippen LogP contribution is 2.26. The molecule has 3 nitrogen and oxygen atoms in total. The molecule has 17 heavy (non-hydrogen) atoms. The molecule has 0 amide bonds. The maximum Gasteiger partial charge on any atom is 0.335 e. The number of hydrogen-bond donors (Lipinski definition) is 1. The lowest BCUT2D eigenvalue weighted by Gasteiger charge is -2.03. The van der Waals surface area contributed by atoms with Gasteiger partial charge in [-0.15, -0.1) is 11.8 Å². The van der Waals surface area contributed by atoms with E-state index < -0.39 is 11.8 Å². The molecule has 0 saturated carbocycles. The van der Waals surface area contributed by atoms with E-state index in [1.807, 2.05) is 0 Å². The summed E-state index contributed by atoms with van der Waals surface area (Å²) < 4.78 is 18.3. The van der Waals surface area contributed by atoms with E-state index in [-0.39, 0.29) is 5.56 Å². The van der Waals surface area contributed by atoms with Gasteiger partial charge in [0.2, 0.25) is 0 Å². The van der Waals surface area contributed by atoms with Crippen LogP contribution >= 0.6 is 11.8 Å². The average Bonchev–Trinajstić information content (AvgIpc) is 2.80. The molecular formula is C12H9FO3S. The van der Waals surface area contributed by atoms with Gasteiger partial charge in [-0.2, -0.15) is 0 Å². The molecule has 1 aromatic carbocycles. The van der Waals surface area contributed by atoms with Gasteiger partial charge in [-0.25, -0.2) is 9.18 Å². The molecule has 0 spiro atoms. The zero-order valence-corrected chi connectivity index (χ0v) is 9.54. The lowest BCUT2D eigenvalue weighted by molar-refractivity contribution is 0.0696. The predicted molar refractivity (Wildman–Crippen MR) is 61.6 cm³/mol. The van der Waals surface area contributed by atoms with Crippen LogP contribution in [0.5, 0.6) is 0 Å².